The smallest absolute Gasteiger partial charge is 0.293 e. The summed E-state index contributed by atoms with van der Waals surface area (Å²) in [5.41, 5.74) is 0.810. The van der Waals surface area contributed by atoms with Crippen molar-refractivity contribution in [3.63, 3.8) is 0 Å². The fourth-order valence-electron chi connectivity index (χ4n) is 2.29. The fourth-order valence-corrected chi connectivity index (χ4v) is 4.00. The lowest BCUT2D eigenvalue weighted by Gasteiger charge is -2.12. The van der Waals surface area contributed by atoms with Crippen molar-refractivity contribution in [1.29, 1.82) is 0 Å². The zero-order chi connectivity index (χ0) is 17.7. The third-order valence-electron chi connectivity index (χ3n) is 3.44. The maximum Gasteiger partial charge on any atom is 0.293 e. The van der Waals surface area contributed by atoms with Gasteiger partial charge >= 0.3 is 0 Å². The molecule has 0 aliphatic carbocycles. The molecule has 0 bridgehead atoms. The second-order valence-corrected chi connectivity index (χ2v) is 7.31. The van der Waals surface area contributed by atoms with Crippen LogP contribution >= 0.6 is 34.4 Å². The monoisotopic (exact) mass is 461 g/mol. The SMILES string of the molecule is CCCCN1C(=O)S/C(=C\c2cc(I)c(OC)c(OCC)c2)C1=O. The molecule has 24 heavy (non-hydrogen) atoms. The van der Waals surface area contributed by atoms with Crippen LogP contribution in [0.2, 0.25) is 0 Å². The van der Waals surface area contributed by atoms with Crippen molar-refractivity contribution in [2.75, 3.05) is 20.3 Å². The number of amides is 2. The number of rotatable bonds is 7. The molecule has 2 rings (SSSR count). The maximum atomic E-state index is 12.4. The molecule has 1 fully saturated rings. The average molecular weight is 461 g/mol. The largest absolute Gasteiger partial charge is 0.492 e. The van der Waals surface area contributed by atoms with E-state index in [1.54, 1.807) is 13.2 Å². The zero-order valence-corrected chi connectivity index (χ0v) is 16.9. The molecule has 0 saturated carbocycles. The second kappa shape index (κ2) is 8.75. The molecule has 0 unspecified atom stereocenters. The number of hydrogen-bond donors (Lipinski definition) is 0. The Morgan fingerprint density at radius 3 is 2.67 bits per heavy atom. The first-order valence-corrected chi connectivity index (χ1v) is 9.67. The highest BCUT2D eigenvalue weighted by molar-refractivity contribution is 14.1. The van der Waals surface area contributed by atoms with Crippen LogP contribution in [0.15, 0.2) is 17.0 Å². The molecule has 1 aliphatic heterocycles. The summed E-state index contributed by atoms with van der Waals surface area (Å²) in [6, 6.07) is 3.73. The number of unbranched alkanes of at least 4 members (excludes halogenated alkanes) is 1. The Morgan fingerprint density at radius 1 is 1.29 bits per heavy atom. The fraction of sp³-hybridized carbons (Fsp3) is 0.412. The molecule has 1 aliphatic rings. The molecule has 1 aromatic carbocycles. The highest BCUT2D eigenvalue weighted by Crippen LogP contribution is 2.37. The molecular weight excluding hydrogens is 441 g/mol. The quantitative estimate of drug-likeness (QED) is 0.441. The number of carbonyl (C=O) groups excluding carboxylic acids is 2. The van der Waals surface area contributed by atoms with Gasteiger partial charge in [-0.05, 0) is 71.5 Å². The van der Waals surface area contributed by atoms with E-state index in [0.717, 1.165) is 33.7 Å². The highest BCUT2D eigenvalue weighted by atomic mass is 127. The molecule has 1 saturated heterocycles. The van der Waals surface area contributed by atoms with Gasteiger partial charge in [0, 0.05) is 6.54 Å². The van der Waals surface area contributed by atoms with Gasteiger partial charge < -0.3 is 9.47 Å². The van der Waals surface area contributed by atoms with Gasteiger partial charge in [0.15, 0.2) is 11.5 Å². The number of nitrogens with zero attached hydrogens (tertiary/aromatic N) is 1. The maximum absolute atomic E-state index is 12.4. The summed E-state index contributed by atoms with van der Waals surface area (Å²) in [6.45, 7) is 4.92. The van der Waals surface area contributed by atoms with E-state index < -0.39 is 0 Å². The summed E-state index contributed by atoms with van der Waals surface area (Å²) >= 11 is 3.15. The van der Waals surface area contributed by atoms with Crippen LogP contribution in [0.25, 0.3) is 6.08 Å². The first kappa shape index (κ1) is 19.1. The van der Waals surface area contributed by atoms with E-state index in [0.29, 0.717) is 29.6 Å². The Bertz CT molecular complexity index is 675. The van der Waals surface area contributed by atoms with Gasteiger partial charge in [-0.2, -0.15) is 0 Å². The lowest BCUT2D eigenvalue weighted by atomic mass is 10.2. The predicted octanol–water partition coefficient (Wildman–Crippen LogP) is 4.53. The zero-order valence-electron chi connectivity index (χ0n) is 13.9. The molecule has 130 valence electrons. The van der Waals surface area contributed by atoms with Crippen molar-refractivity contribution in [3.05, 3.63) is 26.2 Å². The van der Waals surface area contributed by atoms with Crippen LogP contribution in [0.5, 0.6) is 11.5 Å². The average Bonchev–Trinajstić information content (AvgIpc) is 2.79. The lowest BCUT2D eigenvalue weighted by molar-refractivity contribution is -0.122. The van der Waals surface area contributed by atoms with Crippen molar-refractivity contribution in [1.82, 2.24) is 4.90 Å². The van der Waals surface area contributed by atoms with E-state index in [2.05, 4.69) is 22.6 Å². The lowest BCUT2D eigenvalue weighted by Crippen LogP contribution is -2.29. The van der Waals surface area contributed by atoms with Gasteiger partial charge in [0.1, 0.15) is 0 Å². The molecular formula is C17H20INO4S. The van der Waals surface area contributed by atoms with Gasteiger partial charge in [-0.1, -0.05) is 13.3 Å². The van der Waals surface area contributed by atoms with Crippen LogP contribution < -0.4 is 9.47 Å². The molecule has 0 aromatic heterocycles. The number of benzene rings is 1. The van der Waals surface area contributed by atoms with Crippen LogP contribution in [-0.4, -0.2) is 36.3 Å². The number of methoxy groups -OCH3 is 1. The summed E-state index contributed by atoms with van der Waals surface area (Å²) in [5, 5.41) is -0.201. The van der Waals surface area contributed by atoms with Gasteiger partial charge in [-0.25, -0.2) is 0 Å². The van der Waals surface area contributed by atoms with Crippen LogP contribution in [0, 0.1) is 3.57 Å². The number of carbonyl (C=O) groups is 2. The molecule has 1 aromatic rings. The van der Waals surface area contributed by atoms with Crippen molar-refractivity contribution in [2.45, 2.75) is 26.7 Å². The predicted molar refractivity (Wildman–Crippen MR) is 104 cm³/mol. The van der Waals surface area contributed by atoms with E-state index in [1.165, 1.54) is 4.90 Å². The summed E-state index contributed by atoms with van der Waals surface area (Å²) in [5.74, 6) is 1.08. The third-order valence-corrected chi connectivity index (χ3v) is 5.15. The minimum absolute atomic E-state index is 0.201. The first-order valence-electron chi connectivity index (χ1n) is 7.77. The Balaban J connectivity index is 2.31. The summed E-state index contributed by atoms with van der Waals surface area (Å²) in [6.07, 6.45) is 3.50. The Labute approximate surface area is 159 Å². The molecule has 0 spiro atoms. The van der Waals surface area contributed by atoms with Gasteiger partial charge in [0.2, 0.25) is 0 Å². The summed E-state index contributed by atoms with van der Waals surface area (Å²) in [7, 11) is 1.60. The van der Waals surface area contributed by atoms with Crippen molar-refractivity contribution in [2.24, 2.45) is 0 Å². The molecule has 7 heteroatoms. The van der Waals surface area contributed by atoms with Crippen molar-refractivity contribution in [3.8, 4) is 11.5 Å². The third kappa shape index (κ3) is 4.24. The number of thioether (sulfide) groups is 1. The van der Waals surface area contributed by atoms with E-state index in [9.17, 15) is 9.59 Å². The standard InChI is InChI=1S/C17H20INO4S/c1-4-6-7-19-16(20)14(24-17(19)21)10-11-8-12(18)15(22-3)13(9-11)23-5-2/h8-10H,4-7H2,1-3H3/b14-10-. The summed E-state index contributed by atoms with van der Waals surface area (Å²) in [4.78, 5) is 26.2. The van der Waals surface area contributed by atoms with E-state index >= 15 is 0 Å². The molecule has 1 heterocycles. The normalized spacial score (nSPS) is 16.2. The molecule has 0 N–H and O–H groups in total. The van der Waals surface area contributed by atoms with Crippen molar-refractivity contribution < 1.29 is 19.1 Å². The van der Waals surface area contributed by atoms with E-state index in [4.69, 9.17) is 9.47 Å². The topological polar surface area (TPSA) is 55.8 Å². The Kier molecular flexibility index (Phi) is 6.97. The number of hydrogen-bond acceptors (Lipinski definition) is 5. The number of imide groups is 1. The van der Waals surface area contributed by atoms with Crippen LogP contribution in [0.1, 0.15) is 32.3 Å². The minimum Gasteiger partial charge on any atom is -0.492 e. The molecule has 0 atom stereocenters. The van der Waals surface area contributed by atoms with Gasteiger partial charge in [-0.15, -0.1) is 0 Å². The van der Waals surface area contributed by atoms with Crippen LogP contribution in [-0.2, 0) is 4.79 Å². The molecule has 2 amide bonds. The van der Waals surface area contributed by atoms with E-state index in [-0.39, 0.29) is 11.1 Å². The first-order chi connectivity index (χ1) is 11.5. The minimum atomic E-state index is -0.220. The van der Waals surface area contributed by atoms with Crippen LogP contribution in [0.3, 0.4) is 0 Å². The van der Waals surface area contributed by atoms with Crippen molar-refractivity contribution >= 4 is 51.6 Å². The number of halogens is 1. The summed E-state index contributed by atoms with van der Waals surface area (Å²) < 4.78 is 11.9. The second-order valence-electron chi connectivity index (χ2n) is 5.15. The van der Waals surface area contributed by atoms with Gasteiger partial charge in [0.25, 0.3) is 11.1 Å². The van der Waals surface area contributed by atoms with E-state index in [1.807, 2.05) is 26.0 Å². The number of ether oxygens (including phenoxy) is 2. The highest BCUT2D eigenvalue weighted by Gasteiger charge is 2.34. The van der Waals surface area contributed by atoms with Crippen LogP contribution in [0.4, 0.5) is 4.79 Å². The molecule has 5 nitrogen and oxygen atoms in total. The Hall–Kier alpha value is -1.22. The Morgan fingerprint density at radius 2 is 2.04 bits per heavy atom. The van der Waals surface area contributed by atoms with Gasteiger partial charge in [0.05, 0.1) is 22.2 Å². The molecule has 0 radical (unpaired) electrons. The van der Waals surface area contributed by atoms with Gasteiger partial charge in [-0.3, -0.25) is 14.5 Å².